The van der Waals surface area contributed by atoms with Gasteiger partial charge in [-0.15, -0.1) is 15.3 Å². The smallest absolute Gasteiger partial charge is 0.411 e. The van der Waals surface area contributed by atoms with E-state index in [2.05, 4.69) is 58.5 Å². The summed E-state index contributed by atoms with van der Waals surface area (Å²) in [6.45, 7) is 1.04. The monoisotopic (exact) mass is 657 g/mol. The number of carbonyl (C=O) groups is 2. The van der Waals surface area contributed by atoms with Crippen molar-refractivity contribution in [1.29, 1.82) is 0 Å². The lowest BCUT2D eigenvalue weighted by Gasteiger charge is -2.20. The highest BCUT2D eigenvalue weighted by atomic mass is 35.5. The normalized spacial score (nSPS) is 11.7. The van der Waals surface area contributed by atoms with Crippen LogP contribution in [0.5, 0.6) is 0 Å². The standard InChI is InChI=1S/C32H29Cl2N9O3/c1-46-32(45)37-25-11-7-22(8-12-25)27-18-26(31(34)40-39-27)28(19-35-16-15-21-5-3-2-4-6-21)38-30(44)14-9-23-17-24(33)10-13-29(23)43-20-36-41-42-43/h2-14,17-18,20,28,35H,15-16,19H2,1H3,(H,37,45)(H,38,44)/b14-9+. The van der Waals surface area contributed by atoms with E-state index in [1.807, 2.05) is 18.2 Å². The highest BCUT2D eigenvalue weighted by molar-refractivity contribution is 6.31. The fraction of sp³-hybridized carbons (Fsp3) is 0.156. The predicted molar refractivity (Wildman–Crippen MR) is 176 cm³/mol. The molecule has 0 aliphatic carbocycles. The van der Waals surface area contributed by atoms with Gasteiger partial charge in [-0.2, -0.15) is 4.68 Å². The number of hydrogen-bond acceptors (Lipinski definition) is 9. The second kappa shape index (κ2) is 15.7. The van der Waals surface area contributed by atoms with Crippen LogP contribution in [-0.4, -0.2) is 62.6 Å². The van der Waals surface area contributed by atoms with Crippen LogP contribution < -0.4 is 16.0 Å². The highest BCUT2D eigenvalue weighted by Gasteiger charge is 2.20. The fourth-order valence-corrected chi connectivity index (χ4v) is 4.96. The summed E-state index contributed by atoms with van der Waals surface area (Å²) in [6.07, 6.45) is 4.73. The van der Waals surface area contributed by atoms with E-state index in [9.17, 15) is 9.59 Å². The quantitative estimate of drug-likeness (QED) is 0.120. The van der Waals surface area contributed by atoms with Crippen molar-refractivity contribution in [2.75, 3.05) is 25.5 Å². The number of nitrogens with one attached hydrogen (secondary N) is 3. The van der Waals surface area contributed by atoms with Crippen LogP contribution in [0.15, 0.2) is 91.3 Å². The first-order chi connectivity index (χ1) is 22.4. The zero-order valence-corrected chi connectivity index (χ0v) is 26.1. The van der Waals surface area contributed by atoms with Gasteiger partial charge in [-0.25, -0.2) is 4.79 Å². The van der Waals surface area contributed by atoms with Crippen LogP contribution in [-0.2, 0) is 16.0 Å². The van der Waals surface area contributed by atoms with E-state index in [0.29, 0.717) is 46.3 Å². The second-order valence-corrected chi connectivity index (χ2v) is 10.8. The number of anilines is 1. The van der Waals surface area contributed by atoms with Crippen molar-refractivity contribution in [2.24, 2.45) is 0 Å². The molecule has 3 N–H and O–H groups in total. The van der Waals surface area contributed by atoms with Gasteiger partial charge in [-0.1, -0.05) is 65.7 Å². The molecule has 2 heterocycles. The van der Waals surface area contributed by atoms with Gasteiger partial charge in [0.25, 0.3) is 0 Å². The van der Waals surface area contributed by atoms with Crippen molar-refractivity contribution >= 4 is 47.0 Å². The summed E-state index contributed by atoms with van der Waals surface area (Å²) >= 11 is 12.8. The van der Waals surface area contributed by atoms with E-state index in [0.717, 1.165) is 12.0 Å². The molecule has 0 saturated heterocycles. The number of nitrogens with zero attached hydrogens (tertiary/aromatic N) is 6. The van der Waals surface area contributed by atoms with E-state index < -0.39 is 12.1 Å². The molecule has 2 aromatic heterocycles. The Hall–Kier alpha value is -5.17. The summed E-state index contributed by atoms with van der Waals surface area (Å²) in [5.74, 6) is -0.370. The number of halogens is 2. The molecule has 0 saturated carbocycles. The van der Waals surface area contributed by atoms with E-state index in [-0.39, 0.29) is 11.1 Å². The summed E-state index contributed by atoms with van der Waals surface area (Å²) in [5.41, 5.74) is 4.89. The summed E-state index contributed by atoms with van der Waals surface area (Å²) in [7, 11) is 1.29. The largest absolute Gasteiger partial charge is 0.453 e. The molecule has 1 atom stereocenters. The number of hydrogen-bond donors (Lipinski definition) is 3. The van der Waals surface area contributed by atoms with Crippen LogP contribution in [0.4, 0.5) is 10.5 Å². The molecule has 14 heteroatoms. The first kappa shape index (κ1) is 32.2. The molecule has 5 rings (SSSR count). The maximum absolute atomic E-state index is 13.3. The molecular weight excluding hydrogens is 629 g/mol. The van der Waals surface area contributed by atoms with Crippen LogP contribution in [0, 0.1) is 0 Å². The summed E-state index contributed by atoms with van der Waals surface area (Å²) < 4.78 is 6.13. The number of amides is 2. The third-order valence-electron chi connectivity index (χ3n) is 6.86. The predicted octanol–water partition coefficient (Wildman–Crippen LogP) is 5.31. The molecule has 234 valence electrons. The van der Waals surface area contributed by atoms with Gasteiger partial charge in [0.2, 0.25) is 5.91 Å². The van der Waals surface area contributed by atoms with Gasteiger partial charge in [0, 0.05) is 40.0 Å². The molecule has 12 nitrogen and oxygen atoms in total. The van der Waals surface area contributed by atoms with Crippen LogP contribution in [0.3, 0.4) is 0 Å². The van der Waals surface area contributed by atoms with Crippen LogP contribution in [0.2, 0.25) is 10.2 Å². The Balaban J connectivity index is 1.37. The number of benzene rings is 3. The molecule has 1 unspecified atom stereocenters. The Morgan fingerprint density at radius 3 is 2.54 bits per heavy atom. The molecule has 3 aromatic carbocycles. The molecule has 0 fully saturated rings. The first-order valence-electron chi connectivity index (χ1n) is 14.1. The summed E-state index contributed by atoms with van der Waals surface area (Å²) in [6, 6.07) is 23.5. The highest BCUT2D eigenvalue weighted by Crippen LogP contribution is 2.27. The van der Waals surface area contributed by atoms with Gasteiger partial charge in [-0.3, -0.25) is 10.1 Å². The molecule has 5 aromatic rings. The second-order valence-electron chi connectivity index (χ2n) is 9.96. The average molecular weight is 659 g/mol. The maximum atomic E-state index is 13.3. The zero-order valence-electron chi connectivity index (χ0n) is 24.6. The molecular formula is C32H29Cl2N9O3. The first-order valence-corrected chi connectivity index (χ1v) is 14.9. The number of methoxy groups -OCH3 is 1. The average Bonchev–Trinajstić information content (AvgIpc) is 3.61. The van der Waals surface area contributed by atoms with Crippen LogP contribution in [0.25, 0.3) is 23.0 Å². The minimum Gasteiger partial charge on any atom is -0.453 e. The minimum absolute atomic E-state index is 0.155. The minimum atomic E-state index is -0.573. The fourth-order valence-electron chi connectivity index (χ4n) is 4.56. The van der Waals surface area contributed by atoms with Gasteiger partial charge >= 0.3 is 6.09 Å². The number of ether oxygens (including phenoxy) is 1. The summed E-state index contributed by atoms with van der Waals surface area (Å²) in [4.78, 5) is 24.9. The Morgan fingerprint density at radius 1 is 1.00 bits per heavy atom. The maximum Gasteiger partial charge on any atom is 0.411 e. The van der Waals surface area contributed by atoms with Crippen molar-refractivity contribution < 1.29 is 14.3 Å². The zero-order chi connectivity index (χ0) is 32.3. The van der Waals surface area contributed by atoms with Crippen molar-refractivity contribution in [3.05, 3.63) is 118 Å². The van der Waals surface area contributed by atoms with Crippen molar-refractivity contribution in [1.82, 2.24) is 41.0 Å². The van der Waals surface area contributed by atoms with E-state index >= 15 is 0 Å². The Labute approximate surface area is 274 Å². The van der Waals surface area contributed by atoms with Gasteiger partial charge < -0.3 is 15.4 Å². The lowest BCUT2D eigenvalue weighted by molar-refractivity contribution is -0.117. The number of rotatable bonds is 12. The lowest BCUT2D eigenvalue weighted by Crippen LogP contribution is -2.36. The van der Waals surface area contributed by atoms with Crippen molar-refractivity contribution in [3.8, 4) is 16.9 Å². The Bertz CT molecular complexity index is 1800. The topological polar surface area (TPSA) is 149 Å². The molecule has 0 spiro atoms. The van der Waals surface area contributed by atoms with Crippen molar-refractivity contribution in [2.45, 2.75) is 12.5 Å². The summed E-state index contributed by atoms with van der Waals surface area (Å²) in [5, 5.41) is 29.5. The van der Waals surface area contributed by atoms with E-state index in [1.165, 1.54) is 29.8 Å². The van der Waals surface area contributed by atoms with Gasteiger partial charge in [0.1, 0.15) is 6.33 Å². The van der Waals surface area contributed by atoms with Gasteiger partial charge in [0.05, 0.1) is 24.5 Å². The SMILES string of the molecule is COC(=O)Nc1ccc(-c2cc(C(CNCCc3ccccc3)NC(=O)/C=C/c3cc(Cl)ccc3-n3cnnn3)c(Cl)nn2)cc1. The molecule has 0 aliphatic rings. The van der Waals surface area contributed by atoms with E-state index in [4.69, 9.17) is 23.2 Å². The number of tetrazole rings is 1. The number of aromatic nitrogens is 6. The number of carbonyl (C=O) groups excluding carboxylic acids is 2. The van der Waals surface area contributed by atoms with Gasteiger partial charge in [-0.05, 0) is 71.4 Å². The van der Waals surface area contributed by atoms with Crippen molar-refractivity contribution in [3.63, 3.8) is 0 Å². The third-order valence-corrected chi connectivity index (χ3v) is 7.39. The molecule has 0 radical (unpaired) electrons. The van der Waals surface area contributed by atoms with Crippen LogP contribution >= 0.6 is 23.2 Å². The molecule has 2 amide bonds. The molecule has 0 bridgehead atoms. The van der Waals surface area contributed by atoms with Gasteiger partial charge in [0.15, 0.2) is 5.15 Å². The molecule has 46 heavy (non-hydrogen) atoms. The third kappa shape index (κ3) is 8.72. The Kier molecular flexibility index (Phi) is 11.0. The lowest BCUT2D eigenvalue weighted by atomic mass is 10.0. The Morgan fingerprint density at radius 2 is 1.80 bits per heavy atom. The molecule has 0 aliphatic heterocycles. The van der Waals surface area contributed by atoms with E-state index in [1.54, 1.807) is 54.6 Å². The van der Waals surface area contributed by atoms with Crippen LogP contribution in [0.1, 0.15) is 22.7 Å².